The van der Waals surface area contributed by atoms with Gasteiger partial charge in [-0.1, -0.05) is 37.6 Å². The highest BCUT2D eigenvalue weighted by Crippen LogP contribution is 2.28. The number of aliphatic carboxylic acids is 1. The molecule has 7 nitrogen and oxygen atoms in total. The van der Waals surface area contributed by atoms with E-state index in [2.05, 4.69) is 22.4 Å². The van der Waals surface area contributed by atoms with Crippen LogP contribution >= 0.6 is 0 Å². The summed E-state index contributed by atoms with van der Waals surface area (Å²) in [5.41, 5.74) is 3.55. The van der Waals surface area contributed by atoms with Gasteiger partial charge in [0, 0.05) is 23.9 Å². The van der Waals surface area contributed by atoms with Crippen molar-refractivity contribution in [2.75, 3.05) is 6.54 Å². The van der Waals surface area contributed by atoms with Crippen LogP contribution in [0.25, 0.3) is 11.1 Å². The number of ether oxygens (including phenoxy) is 1. The van der Waals surface area contributed by atoms with Crippen molar-refractivity contribution in [3.63, 3.8) is 0 Å². The van der Waals surface area contributed by atoms with Crippen LogP contribution in [0, 0.1) is 0 Å². The fourth-order valence-electron chi connectivity index (χ4n) is 3.09. The van der Waals surface area contributed by atoms with Crippen molar-refractivity contribution in [3.05, 3.63) is 72.1 Å². The molecule has 3 aromatic rings. The number of rotatable bonds is 10. The molecule has 0 radical (unpaired) electrons. The molecule has 7 heteroatoms. The summed E-state index contributed by atoms with van der Waals surface area (Å²) in [5, 5.41) is 18.0. The number of aromatic nitrogens is 2. The summed E-state index contributed by atoms with van der Waals surface area (Å²) in [6.45, 7) is 2.20. The topological polar surface area (TPSA) is 104 Å². The molecule has 0 saturated heterocycles. The Bertz CT molecular complexity index is 951. The van der Waals surface area contributed by atoms with Crippen LogP contribution in [0.4, 0.5) is 0 Å². The van der Waals surface area contributed by atoms with E-state index >= 15 is 0 Å². The number of nitrogens with one attached hydrogen (secondary N) is 2. The van der Waals surface area contributed by atoms with Gasteiger partial charge in [-0.25, -0.2) is 0 Å². The van der Waals surface area contributed by atoms with Crippen LogP contribution in [0.2, 0.25) is 0 Å². The monoisotopic (exact) mass is 407 g/mol. The molecule has 0 aliphatic carbocycles. The lowest BCUT2D eigenvalue weighted by Crippen LogP contribution is -2.26. The zero-order valence-corrected chi connectivity index (χ0v) is 16.8. The van der Waals surface area contributed by atoms with E-state index < -0.39 is 5.97 Å². The van der Waals surface area contributed by atoms with Crippen LogP contribution in [-0.4, -0.2) is 33.7 Å². The minimum Gasteiger partial charge on any atom is -0.486 e. The zero-order valence-electron chi connectivity index (χ0n) is 16.8. The lowest BCUT2D eigenvalue weighted by Gasteiger charge is -2.19. The molecule has 1 heterocycles. The highest BCUT2D eigenvalue weighted by atomic mass is 16.5. The first-order valence-electron chi connectivity index (χ1n) is 9.92. The van der Waals surface area contributed by atoms with E-state index in [1.165, 1.54) is 0 Å². The number of carboxylic acids is 1. The van der Waals surface area contributed by atoms with Gasteiger partial charge in [-0.05, 0) is 41.8 Å². The van der Waals surface area contributed by atoms with Crippen molar-refractivity contribution in [2.45, 2.75) is 32.3 Å². The molecule has 0 saturated carbocycles. The number of benzene rings is 2. The number of nitrogens with zero attached hydrogens (tertiary/aromatic N) is 1. The molecule has 0 aliphatic rings. The number of amides is 1. The highest BCUT2D eigenvalue weighted by molar-refractivity contribution is 5.94. The third-order valence-electron chi connectivity index (χ3n) is 4.68. The largest absolute Gasteiger partial charge is 0.486 e. The molecular formula is C23H25N3O4. The van der Waals surface area contributed by atoms with Crippen LogP contribution in [0.1, 0.15) is 48.2 Å². The molecule has 156 valence electrons. The molecular weight excluding hydrogens is 382 g/mol. The predicted molar refractivity (Wildman–Crippen MR) is 113 cm³/mol. The molecule has 1 amide bonds. The summed E-state index contributed by atoms with van der Waals surface area (Å²) in [4.78, 5) is 22.7. The van der Waals surface area contributed by atoms with E-state index in [0.29, 0.717) is 5.56 Å². The summed E-state index contributed by atoms with van der Waals surface area (Å²) in [6, 6.07) is 15.1. The Morgan fingerprint density at radius 2 is 1.83 bits per heavy atom. The van der Waals surface area contributed by atoms with E-state index in [4.69, 9.17) is 9.84 Å². The van der Waals surface area contributed by atoms with Crippen LogP contribution in [0.5, 0.6) is 5.75 Å². The van der Waals surface area contributed by atoms with E-state index in [0.717, 1.165) is 35.3 Å². The zero-order chi connectivity index (χ0) is 21.3. The standard InChI is InChI=1S/C23H25N3O4/c1-2-3-21(30-20-10-8-16(9-11-20)19-14-25-26-15-19)17-4-6-18(7-5-17)23(29)24-13-12-22(27)28/h4-11,14-15,21H,2-3,12-13H2,1H3,(H,24,29)(H,25,26)(H,27,28). The number of hydrogen-bond acceptors (Lipinski definition) is 4. The molecule has 0 spiro atoms. The SMILES string of the molecule is CCCC(Oc1ccc(-c2cn[nH]c2)cc1)c1ccc(C(=O)NCCC(=O)O)cc1. The van der Waals surface area contributed by atoms with Gasteiger partial charge in [-0.3, -0.25) is 14.7 Å². The quantitative estimate of drug-likeness (QED) is 0.467. The molecule has 1 atom stereocenters. The minimum atomic E-state index is -0.942. The van der Waals surface area contributed by atoms with E-state index in [1.807, 2.05) is 42.6 Å². The van der Waals surface area contributed by atoms with Crippen molar-refractivity contribution >= 4 is 11.9 Å². The van der Waals surface area contributed by atoms with Crippen molar-refractivity contribution in [3.8, 4) is 16.9 Å². The van der Waals surface area contributed by atoms with Gasteiger partial charge in [0.1, 0.15) is 11.9 Å². The van der Waals surface area contributed by atoms with Gasteiger partial charge < -0.3 is 15.2 Å². The molecule has 3 rings (SSSR count). The third kappa shape index (κ3) is 5.70. The fourth-order valence-corrected chi connectivity index (χ4v) is 3.09. The third-order valence-corrected chi connectivity index (χ3v) is 4.68. The molecule has 0 fully saturated rings. The number of carboxylic acid groups (broad SMARTS) is 1. The van der Waals surface area contributed by atoms with Gasteiger partial charge in [0.05, 0.1) is 12.6 Å². The van der Waals surface area contributed by atoms with Gasteiger partial charge in [0.2, 0.25) is 0 Å². The Morgan fingerprint density at radius 3 is 2.43 bits per heavy atom. The maximum Gasteiger partial charge on any atom is 0.305 e. The molecule has 0 bridgehead atoms. The number of aromatic amines is 1. The van der Waals surface area contributed by atoms with Crippen LogP contribution in [0.15, 0.2) is 60.9 Å². The van der Waals surface area contributed by atoms with Crippen LogP contribution in [-0.2, 0) is 4.79 Å². The van der Waals surface area contributed by atoms with Crippen molar-refractivity contribution in [2.24, 2.45) is 0 Å². The number of H-pyrrole nitrogens is 1. The maximum absolute atomic E-state index is 12.1. The highest BCUT2D eigenvalue weighted by Gasteiger charge is 2.14. The summed E-state index contributed by atoms with van der Waals surface area (Å²) in [5.74, 6) is -0.454. The second-order valence-electron chi connectivity index (χ2n) is 6.93. The molecule has 1 aromatic heterocycles. The van der Waals surface area contributed by atoms with Gasteiger partial charge in [0.25, 0.3) is 5.91 Å². The van der Waals surface area contributed by atoms with Gasteiger partial charge in [-0.15, -0.1) is 0 Å². The summed E-state index contributed by atoms with van der Waals surface area (Å²) in [6.07, 6.45) is 5.18. The Labute approximate surface area is 175 Å². The van der Waals surface area contributed by atoms with Crippen LogP contribution in [0.3, 0.4) is 0 Å². The lowest BCUT2D eigenvalue weighted by molar-refractivity contribution is -0.136. The van der Waals surface area contributed by atoms with E-state index in [-0.39, 0.29) is 25.0 Å². The van der Waals surface area contributed by atoms with E-state index in [9.17, 15) is 9.59 Å². The fraction of sp³-hybridized carbons (Fsp3) is 0.261. The summed E-state index contributed by atoms with van der Waals surface area (Å²) < 4.78 is 6.22. The Balaban J connectivity index is 1.65. The second-order valence-corrected chi connectivity index (χ2v) is 6.93. The predicted octanol–water partition coefficient (Wildman–Crippen LogP) is 4.20. The molecule has 3 N–H and O–H groups in total. The number of carbonyl (C=O) groups excluding carboxylic acids is 1. The number of carbonyl (C=O) groups is 2. The van der Waals surface area contributed by atoms with Gasteiger partial charge in [-0.2, -0.15) is 5.10 Å². The Kier molecular flexibility index (Phi) is 7.21. The van der Waals surface area contributed by atoms with Crippen molar-refractivity contribution in [1.29, 1.82) is 0 Å². The minimum absolute atomic E-state index is 0.102. The maximum atomic E-state index is 12.1. The first kappa shape index (κ1) is 21.1. The summed E-state index contributed by atoms with van der Waals surface area (Å²) in [7, 11) is 0. The molecule has 30 heavy (non-hydrogen) atoms. The average molecular weight is 407 g/mol. The van der Waals surface area contributed by atoms with Crippen LogP contribution < -0.4 is 10.1 Å². The first-order valence-corrected chi connectivity index (χ1v) is 9.92. The Hall–Kier alpha value is -3.61. The van der Waals surface area contributed by atoms with E-state index in [1.54, 1.807) is 18.3 Å². The lowest BCUT2D eigenvalue weighted by atomic mass is 10.0. The smallest absolute Gasteiger partial charge is 0.305 e. The first-order chi connectivity index (χ1) is 14.6. The van der Waals surface area contributed by atoms with Gasteiger partial charge in [0.15, 0.2) is 0 Å². The van der Waals surface area contributed by atoms with Gasteiger partial charge >= 0.3 is 5.97 Å². The molecule has 0 aliphatic heterocycles. The molecule has 2 aromatic carbocycles. The average Bonchev–Trinajstić information content (AvgIpc) is 3.29. The Morgan fingerprint density at radius 1 is 1.10 bits per heavy atom. The number of hydrogen-bond donors (Lipinski definition) is 3. The van der Waals surface area contributed by atoms with Crippen molar-refractivity contribution in [1.82, 2.24) is 15.5 Å². The van der Waals surface area contributed by atoms with Crippen molar-refractivity contribution < 1.29 is 19.4 Å². The summed E-state index contributed by atoms with van der Waals surface area (Å²) >= 11 is 0. The normalized spacial score (nSPS) is 11.6. The second kappa shape index (κ2) is 10.2. The molecule has 1 unspecified atom stereocenters.